The minimum Gasteiger partial charge on any atom is -0.355 e. The van der Waals surface area contributed by atoms with Crippen molar-refractivity contribution in [3.05, 3.63) is 76.4 Å². The predicted molar refractivity (Wildman–Crippen MR) is 119 cm³/mol. The van der Waals surface area contributed by atoms with Gasteiger partial charge >= 0.3 is 0 Å². The van der Waals surface area contributed by atoms with E-state index in [1.807, 2.05) is 18.2 Å². The van der Waals surface area contributed by atoms with Crippen LogP contribution >= 0.6 is 11.6 Å². The highest BCUT2D eigenvalue weighted by Gasteiger charge is 2.19. The van der Waals surface area contributed by atoms with Gasteiger partial charge in [-0.3, -0.25) is 4.98 Å². The van der Waals surface area contributed by atoms with Gasteiger partial charge in [0, 0.05) is 34.2 Å². The molecule has 0 saturated heterocycles. The van der Waals surface area contributed by atoms with Crippen LogP contribution in [0.3, 0.4) is 0 Å². The molecule has 0 fully saturated rings. The highest BCUT2D eigenvalue weighted by atomic mass is 35.5. The fraction of sp³-hybridized carbons (Fsp3) is 0.292. The van der Waals surface area contributed by atoms with E-state index in [9.17, 15) is 0 Å². The van der Waals surface area contributed by atoms with Crippen molar-refractivity contribution in [1.29, 1.82) is 0 Å². The zero-order valence-electron chi connectivity index (χ0n) is 16.5. The molecule has 1 aliphatic rings. The highest BCUT2D eigenvalue weighted by molar-refractivity contribution is 6.30. The Morgan fingerprint density at radius 2 is 1.86 bits per heavy atom. The summed E-state index contributed by atoms with van der Waals surface area (Å²) < 4.78 is 0. The lowest BCUT2D eigenvalue weighted by atomic mass is 10.1. The van der Waals surface area contributed by atoms with Gasteiger partial charge in [-0.2, -0.15) is 0 Å². The molecule has 3 aromatic rings. The second kappa shape index (κ2) is 8.34. The number of rotatable bonds is 6. The number of nitrogens with zero attached hydrogens (tertiary/aromatic N) is 2. The highest BCUT2D eigenvalue weighted by Crippen LogP contribution is 2.34. The lowest BCUT2D eigenvalue weighted by Crippen LogP contribution is -2.14. The fourth-order valence-electron chi connectivity index (χ4n) is 3.71. The summed E-state index contributed by atoms with van der Waals surface area (Å²) in [6.07, 6.45) is 4.36. The second-order valence-corrected chi connectivity index (χ2v) is 8.16. The van der Waals surface area contributed by atoms with E-state index in [4.69, 9.17) is 16.6 Å². The molecule has 4 heteroatoms. The van der Waals surface area contributed by atoms with E-state index in [1.54, 1.807) is 0 Å². The monoisotopic (exact) mass is 391 g/mol. The Hall–Kier alpha value is -2.36. The van der Waals surface area contributed by atoms with Gasteiger partial charge in [0.15, 0.2) is 0 Å². The van der Waals surface area contributed by atoms with Crippen LogP contribution in [-0.4, -0.2) is 30.5 Å². The summed E-state index contributed by atoms with van der Waals surface area (Å²) in [7, 11) is 4.22. The zero-order valence-corrected chi connectivity index (χ0v) is 17.3. The van der Waals surface area contributed by atoms with Gasteiger partial charge in [-0.25, -0.2) is 0 Å². The molecular formula is C24H26ClN3. The number of anilines is 2. The van der Waals surface area contributed by atoms with Crippen molar-refractivity contribution in [3.63, 3.8) is 0 Å². The molecule has 0 spiro atoms. The van der Waals surface area contributed by atoms with E-state index >= 15 is 0 Å². The summed E-state index contributed by atoms with van der Waals surface area (Å²) >= 11 is 6.20. The normalized spacial score (nSPS) is 13.0. The van der Waals surface area contributed by atoms with Crippen molar-refractivity contribution in [2.75, 3.05) is 26.0 Å². The van der Waals surface area contributed by atoms with Gasteiger partial charge in [0.25, 0.3) is 0 Å². The number of nitrogens with one attached hydrogen (secondary N) is 1. The molecule has 2 aromatic carbocycles. The van der Waals surface area contributed by atoms with Crippen LogP contribution in [0.2, 0.25) is 5.02 Å². The smallest absolute Gasteiger partial charge is 0.0726 e. The number of fused-ring (bicyclic) bond motifs is 1. The first-order valence-corrected chi connectivity index (χ1v) is 10.3. The van der Waals surface area contributed by atoms with Crippen LogP contribution in [0.4, 0.5) is 11.4 Å². The van der Waals surface area contributed by atoms with Crippen LogP contribution < -0.4 is 5.32 Å². The Balaban J connectivity index is 1.60. The number of benzene rings is 2. The van der Waals surface area contributed by atoms with Crippen molar-refractivity contribution >= 4 is 23.0 Å². The molecule has 3 nitrogen and oxygen atoms in total. The van der Waals surface area contributed by atoms with Crippen LogP contribution in [-0.2, 0) is 19.3 Å². The largest absolute Gasteiger partial charge is 0.355 e. The average Bonchev–Trinajstić information content (AvgIpc) is 3.16. The predicted octanol–water partition coefficient (Wildman–Crippen LogP) is 5.74. The molecule has 0 unspecified atom stereocenters. The summed E-state index contributed by atoms with van der Waals surface area (Å²) in [4.78, 5) is 7.13. The number of hydrogen-bond acceptors (Lipinski definition) is 3. The van der Waals surface area contributed by atoms with Crippen LogP contribution in [0.5, 0.6) is 0 Å². The maximum Gasteiger partial charge on any atom is 0.0726 e. The minimum absolute atomic E-state index is 0.739. The van der Waals surface area contributed by atoms with Gasteiger partial charge in [-0.15, -0.1) is 0 Å². The molecule has 1 heterocycles. The third-order valence-electron chi connectivity index (χ3n) is 5.25. The molecule has 4 rings (SSSR count). The van der Waals surface area contributed by atoms with Gasteiger partial charge in [-0.05, 0) is 81.2 Å². The lowest BCUT2D eigenvalue weighted by Gasteiger charge is -2.15. The maximum absolute atomic E-state index is 6.20. The number of pyridine rings is 1. The van der Waals surface area contributed by atoms with Crippen LogP contribution in [0.15, 0.2) is 54.6 Å². The number of likely N-dealkylation sites (N-methyl/N-ethyl adjacent to an activating group) is 1. The summed E-state index contributed by atoms with van der Waals surface area (Å²) in [5, 5.41) is 4.38. The first kappa shape index (κ1) is 19.0. The lowest BCUT2D eigenvalue weighted by molar-refractivity contribution is 0.413. The molecule has 0 aliphatic heterocycles. The molecule has 1 aliphatic carbocycles. The summed E-state index contributed by atoms with van der Waals surface area (Å²) in [5.41, 5.74) is 8.24. The van der Waals surface area contributed by atoms with Crippen LogP contribution in [0.25, 0.3) is 11.3 Å². The molecule has 0 radical (unpaired) electrons. The number of halogens is 1. The quantitative estimate of drug-likeness (QED) is 0.580. The summed E-state index contributed by atoms with van der Waals surface area (Å²) in [6, 6.07) is 18.9. The number of aromatic nitrogens is 1. The molecule has 1 aromatic heterocycles. The SMILES string of the molecule is CN(C)CCc1ccc(Nc2cc(-c3cccc(Cl)c3)nc3c2CCC3)cc1. The third-order valence-corrected chi connectivity index (χ3v) is 5.49. The minimum atomic E-state index is 0.739. The van der Waals surface area contributed by atoms with E-state index in [0.717, 1.165) is 47.8 Å². The van der Waals surface area contributed by atoms with E-state index in [0.29, 0.717) is 0 Å². The Morgan fingerprint density at radius 3 is 2.61 bits per heavy atom. The molecular weight excluding hydrogens is 366 g/mol. The van der Waals surface area contributed by atoms with Gasteiger partial charge in [-0.1, -0.05) is 35.9 Å². The summed E-state index contributed by atoms with van der Waals surface area (Å²) in [5.74, 6) is 0. The molecule has 0 bridgehead atoms. The first-order valence-electron chi connectivity index (χ1n) is 9.88. The fourth-order valence-corrected chi connectivity index (χ4v) is 3.90. The number of aryl methyl sites for hydroxylation is 1. The van der Waals surface area contributed by atoms with Crippen molar-refractivity contribution in [3.8, 4) is 11.3 Å². The molecule has 0 saturated carbocycles. The van der Waals surface area contributed by atoms with Crippen LogP contribution in [0, 0.1) is 0 Å². The molecule has 0 amide bonds. The average molecular weight is 392 g/mol. The summed E-state index contributed by atoms with van der Waals surface area (Å²) in [6.45, 7) is 1.06. The van der Waals surface area contributed by atoms with E-state index in [1.165, 1.54) is 28.9 Å². The van der Waals surface area contributed by atoms with Crippen molar-refractivity contribution < 1.29 is 0 Å². The van der Waals surface area contributed by atoms with Gasteiger partial charge in [0.2, 0.25) is 0 Å². The second-order valence-electron chi connectivity index (χ2n) is 7.72. The van der Waals surface area contributed by atoms with E-state index in [2.05, 4.69) is 60.7 Å². The van der Waals surface area contributed by atoms with Gasteiger partial charge in [0.05, 0.1) is 5.69 Å². The van der Waals surface area contributed by atoms with Crippen molar-refractivity contribution in [2.24, 2.45) is 0 Å². The van der Waals surface area contributed by atoms with Gasteiger partial charge < -0.3 is 10.2 Å². The molecule has 28 heavy (non-hydrogen) atoms. The molecule has 144 valence electrons. The topological polar surface area (TPSA) is 28.2 Å². The van der Waals surface area contributed by atoms with Gasteiger partial charge in [0.1, 0.15) is 0 Å². The molecule has 0 atom stereocenters. The van der Waals surface area contributed by atoms with E-state index < -0.39 is 0 Å². The first-order chi connectivity index (χ1) is 13.6. The van der Waals surface area contributed by atoms with E-state index in [-0.39, 0.29) is 0 Å². The Bertz CT molecular complexity index is 964. The Kier molecular flexibility index (Phi) is 5.65. The Labute approximate surface area is 172 Å². The standard InChI is InChI=1S/C24H26ClN3/c1-28(2)14-13-17-9-11-20(12-10-17)26-24-16-23(18-5-3-6-19(25)15-18)27-22-8-4-7-21(22)24/h3,5-6,9-12,15-16H,4,7-8,13-14H2,1-2H3,(H,26,27). The maximum atomic E-state index is 6.20. The van der Waals surface area contributed by atoms with Crippen molar-refractivity contribution in [1.82, 2.24) is 9.88 Å². The Morgan fingerprint density at radius 1 is 1.04 bits per heavy atom. The van der Waals surface area contributed by atoms with Crippen molar-refractivity contribution in [2.45, 2.75) is 25.7 Å². The number of hydrogen-bond donors (Lipinski definition) is 1. The van der Waals surface area contributed by atoms with Crippen LogP contribution in [0.1, 0.15) is 23.2 Å². The molecule has 1 N–H and O–H groups in total. The zero-order chi connectivity index (χ0) is 19.5. The third kappa shape index (κ3) is 4.37.